The Bertz CT molecular complexity index is 111. The molecule has 0 radical (unpaired) electrons. The van der Waals surface area contributed by atoms with Crippen LogP contribution in [-0.2, 0) is 0 Å². The van der Waals surface area contributed by atoms with E-state index in [2.05, 4.69) is 19.9 Å². The van der Waals surface area contributed by atoms with Crippen molar-refractivity contribution < 1.29 is 0 Å². The Kier molecular flexibility index (Phi) is 2.32. The van der Waals surface area contributed by atoms with Crippen molar-refractivity contribution in [2.75, 3.05) is 0 Å². The third-order valence-corrected chi connectivity index (χ3v) is 2.29. The molecule has 0 aromatic carbocycles. The average Bonchev–Trinajstić information content (AvgIpc) is 1.89. The molecule has 0 aromatic heterocycles. The Morgan fingerprint density at radius 3 is 2.89 bits per heavy atom. The molecule has 1 rings (SSSR count). The Balaban J connectivity index is 2.53. The molecule has 9 heavy (non-hydrogen) atoms. The van der Waals surface area contributed by atoms with Gasteiger partial charge in [-0.25, -0.2) is 0 Å². The van der Waals surface area contributed by atoms with Gasteiger partial charge < -0.3 is 0 Å². The highest BCUT2D eigenvalue weighted by Crippen LogP contribution is 2.25. The van der Waals surface area contributed by atoms with Gasteiger partial charge in [-0.1, -0.05) is 25.5 Å². The fourth-order valence-corrected chi connectivity index (χ4v) is 1.59. The van der Waals surface area contributed by atoms with Crippen LogP contribution in [-0.4, -0.2) is 0 Å². The number of rotatable bonds is 1. The van der Waals surface area contributed by atoms with Crippen LogP contribution < -0.4 is 0 Å². The van der Waals surface area contributed by atoms with Gasteiger partial charge in [0.05, 0.1) is 0 Å². The lowest BCUT2D eigenvalue weighted by Gasteiger charge is -2.18. The van der Waals surface area contributed by atoms with E-state index in [-0.39, 0.29) is 0 Å². The fourth-order valence-electron chi connectivity index (χ4n) is 1.59. The van der Waals surface area contributed by atoms with Gasteiger partial charge in [0.25, 0.3) is 0 Å². The normalized spacial score (nSPS) is 27.8. The van der Waals surface area contributed by atoms with Crippen LogP contribution in [0.15, 0.2) is 11.6 Å². The predicted molar refractivity (Wildman–Crippen MR) is 41.4 cm³/mol. The summed E-state index contributed by atoms with van der Waals surface area (Å²) in [6, 6.07) is 0. The van der Waals surface area contributed by atoms with Gasteiger partial charge in [0, 0.05) is 0 Å². The van der Waals surface area contributed by atoms with E-state index in [0.717, 1.165) is 5.92 Å². The molecule has 1 atom stereocenters. The van der Waals surface area contributed by atoms with E-state index in [0.29, 0.717) is 0 Å². The van der Waals surface area contributed by atoms with E-state index in [1.807, 2.05) is 0 Å². The predicted octanol–water partition coefficient (Wildman–Crippen LogP) is 3.14. The van der Waals surface area contributed by atoms with Crippen molar-refractivity contribution in [3.63, 3.8) is 0 Å². The Morgan fingerprint density at radius 2 is 2.44 bits per heavy atom. The molecule has 0 bridgehead atoms. The van der Waals surface area contributed by atoms with Gasteiger partial charge in [-0.2, -0.15) is 0 Å². The quantitative estimate of drug-likeness (QED) is 0.471. The average molecular weight is 124 g/mol. The maximum atomic E-state index is 2.42. The number of hydrogen-bond donors (Lipinski definition) is 0. The molecular formula is C9H16. The summed E-state index contributed by atoms with van der Waals surface area (Å²) >= 11 is 0. The molecule has 0 spiro atoms. The first-order valence-electron chi connectivity index (χ1n) is 4.03. The molecule has 1 aliphatic rings. The van der Waals surface area contributed by atoms with E-state index in [1.54, 1.807) is 5.57 Å². The zero-order valence-electron chi connectivity index (χ0n) is 6.48. The van der Waals surface area contributed by atoms with Gasteiger partial charge in [0.2, 0.25) is 0 Å². The molecule has 0 unspecified atom stereocenters. The highest BCUT2D eigenvalue weighted by atomic mass is 14.1. The van der Waals surface area contributed by atoms with Gasteiger partial charge in [0.15, 0.2) is 0 Å². The van der Waals surface area contributed by atoms with Gasteiger partial charge in [0.1, 0.15) is 0 Å². The molecule has 0 heteroatoms. The molecule has 0 saturated heterocycles. The largest absolute Gasteiger partial charge is 0.0851 e. The summed E-state index contributed by atoms with van der Waals surface area (Å²) in [5.41, 5.74) is 1.68. The second-order valence-electron chi connectivity index (χ2n) is 2.96. The van der Waals surface area contributed by atoms with E-state index >= 15 is 0 Å². The molecule has 0 N–H and O–H groups in total. The standard InChI is InChI=1S/C9H16/c1-3-9-7-5-4-6-8(9)2/h7-8H,3-6H2,1-2H3/t8-/m0/s1. The van der Waals surface area contributed by atoms with E-state index in [9.17, 15) is 0 Å². The summed E-state index contributed by atoms with van der Waals surface area (Å²) in [7, 11) is 0. The molecule has 0 heterocycles. The lowest BCUT2D eigenvalue weighted by atomic mass is 9.88. The number of hydrogen-bond acceptors (Lipinski definition) is 0. The summed E-state index contributed by atoms with van der Waals surface area (Å²) in [6.45, 7) is 4.60. The van der Waals surface area contributed by atoms with Crippen LogP contribution in [0.2, 0.25) is 0 Å². The van der Waals surface area contributed by atoms with Crippen molar-refractivity contribution in [2.24, 2.45) is 5.92 Å². The van der Waals surface area contributed by atoms with Gasteiger partial charge >= 0.3 is 0 Å². The summed E-state index contributed by atoms with van der Waals surface area (Å²) in [5.74, 6) is 0.878. The molecule has 0 saturated carbocycles. The fraction of sp³-hybridized carbons (Fsp3) is 0.778. The lowest BCUT2D eigenvalue weighted by Crippen LogP contribution is -2.02. The number of allylic oxidation sites excluding steroid dienone is 2. The maximum Gasteiger partial charge on any atom is -0.0232 e. The van der Waals surface area contributed by atoms with Crippen LogP contribution in [0, 0.1) is 5.92 Å². The lowest BCUT2D eigenvalue weighted by molar-refractivity contribution is 0.538. The van der Waals surface area contributed by atoms with Crippen molar-refractivity contribution >= 4 is 0 Å². The first-order chi connectivity index (χ1) is 4.34. The topological polar surface area (TPSA) is 0 Å². The molecule has 1 aliphatic carbocycles. The van der Waals surface area contributed by atoms with E-state index < -0.39 is 0 Å². The van der Waals surface area contributed by atoms with Gasteiger partial charge in [-0.05, 0) is 31.6 Å². The third kappa shape index (κ3) is 1.57. The van der Waals surface area contributed by atoms with Crippen LogP contribution in [0.1, 0.15) is 39.5 Å². The zero-order valence-corrected chi connectivity index (χ0v) is 6.48. The summed E-state index contributed by atoms with van der Waals surface area (Å²) in [5, 5.41) is 0. The molecule has 0 aliphatic heterocycles. The Morgan fingerprint density at radius 1 is 1.67 bits per heavy atom. The van der Waals surface area contributed by atoms with Crippen LogP contribution in [0.4, 0.5) is 0 Å². The van der Waals surface area contributed by atoms with Crippen molar-refractivity contribution in [2.45, 2.75) is 39.5 Å². The monoisotopic (exact) mass is 124 g/mol. The van der Waals surface area contributed by atoms with Crippen molar-refractivity contribution in [1.82, 2.24) is 0 Å². The highest BCUT2D eigenvalue weighted by Gasteiger charge is 2.09. The minimum atomic E-state index is 0.878. The van der Waals surface area contributed by atoms with Crippen molar-refractivity contribution in [1.29, 1.82) is 0 Å². The highest BCUT2D eigenvalue weighted by molar-refractivity contribution is 5.07. The van der Waals surface area contributed by atoms with Gasteiger partial charge in [-0.3, -0.25) is 0 Å². The smallest absolute Gasteiger partial charge is 0.0232 e. The van der Waals surface area contributed by atoms with E-state index in [1.165, 1.54) is 25.7 Å². The second-order valence-corrected chi connectivity index (χ2v) is 2.96. The molecule has 0 amide bonds. The maximum absolute atomic E-state index is 2.42. The Labute approximate surface area is 58.0 Å². The first-order valence-corrected chi connectivity index (χ1v) is 4.03. The van der Waals surface area contributed by atoms with Crippen LogP contribution in [0.5, 0.6) is 0 Å². The van der Waals surface area contributed by atoms with Crippen LogP contribution >= 0.6 is 0 Å². The minimum absolute atomic E-state index is 0.878. The minimum Gasteiger partial charge on any atom is -0.0851 e. The van der Waals surface area contributed by atoms with Crippen LogP contribution in [0.25, 0.3) is 0 Å². The Hall–Kier alpha value is -0.260. The SMILES string of the molecule is CCC1=CCCC[C@@H]1C. The van der Waals surface area contributed by atoms with Crippen molar-refractivity contribution in [3.8, 4) is 0 Å². The third-order valence-electron chi connectivity index (χ3n) is 2.29. The molecule has 0 nitrogen and oxygen atoms in total. The second kappa shape index (κ2) is 3.05. The van der Waals surface area contributed by atoms with E-state index in [4.69, 9.17) is 0 Å². The van der Waals surface area contributed by atoms with Gasteiger partial charge in [-0.15, -0.1) is 0 Å². The summed E-state index contributed by atoms with van der Waals surface area (Å²) in [4.78, 5) is 0. The first kappa shape index (κ1) is 6.85. The molecular weight excluding hydrogens is 108 g/mol. The van der Waals surface area contributed by atoms with Crippen molar-refractivity contribution in [3.05, 3.63) is 11.6 Å². The summed E-state index contributed by atoms with van der Waals surface area (Å²) < 4.78 is 0. The molecule has 52 valence electrons. The summed E-state index contributed by atoms with van der Waals surface area (Å²) in [6.07, 6.45) is 7.84. The van der Waals surface area contributed by atoms with Crippen LogP contribution in [0.3, 0.4) is 0 Å². The molecule has 0 aromatic rings. The molecule has 0 fully saturated rings. The zero-order chi connectivity index (χ0) is 6.69.